The summed E-state index contributed by atoms with van der Waals surface area (Å²) >= 11 is 5.48. The van der Waals surface area contributed by atoms with Gasteiger partial charge >= 0.3 is 0 Å². The molecule has 0 aliphatic heterocycles. The van der Waals surface area contributed by atoms with E-state index in [-0.39, 0.29) is 11.6 Å². The van der Waals surface area contributed by atoms with Gasteiger partial charge < -0.3 is 15.3 Å². The third kappa shape index (κ3) is 3.09. The summed E-state index contributed by atoms with van der Waals surface area (Å²) in [4.78, 5) is 0. The maximum atomic E-state index is 9.81. The number of hydrogen-bond donors (Lipinski definition) is 3. The molecule has 0 bridgehead atoms. The van der Waals surface area contributed by atoms with Crippen molar-refractivity contribution in [3.8, 4) is 5.75 Å². The third-order valence-electron chi connectivity index (χ3n) is 2.35. The number of aryl methyl sites for hydroxylation is 1. The summed E-state index contributed by atoms with van der Waals surface area (Å²) in [6, 6.07) is 4.69. The first-order valence-electron chi connectivity index (χ1n) is 4.78. The van der Waals surface area contributed by atoms with Gasteiger partial charge in [-0.1, -0.05) is 6.07 Å². The Kier molecular flexibility index (Phi) is 4.39. The first-order valence-corrected chi connectivity index (χ1v) is 5.31. The molecule has 0 fully saturated rings. The van der Waals surface area contributed by atoms with Crippen molar-refractivity contribution in [2.45, 2.75) is 25.6 Å². The molecule has 15 heavy (non-hydrogen) atoms. The number of phenolic OH excluding ortho intramolecular Hbond substituents is 1. The molecule has 0 aromatic heterocycles. The van der Waals surface area contributed by atoms with Crippen molar-refractivity contribution < 1.29 is 15.3 Å². The SMILES string of the molecule is Cc1ccc(O)cc1C(O)C(O)CCCl. The number of hydrogen-bond acceptors (Lipinski definition) is 3. The zero-order valence-electron chi connectivity index (χ0n) is 8.52. The van der Waals surface area contributed by atoms with E-state index in [0.29, 0.717) is 12.0 Å². The number of alkyl halides is 1. The minimum atomic E-state index is -1.00. The van der Waals surface area contributed by atoms with E-state index >= 15 is 0 Å². The van der Waals surface area contributed by atoms with Gasteiger partial charge in [0.05, 0.1) is 6.10 Å². The van der Waals surface area contributed by atoms with Gasteiger partial charge in [0.25, 0.3) is 0 Å². The van der Waals surface area contributed by atoms with Crippen LogP contribution in [0.2, 0.25) is 0 Å². The average Bonchev–Trinajstić information content (AvgIpc) is 2.21. The third-order valence-corrected chi connectivity index (χ3v) is 2.57. The molecule has 0 aliphatic carbocycles. The van der Waals surface area contributed by atoms with Crippen molar-refractivity contribution in [1.29, 1.82) is 0 Å². The van der Waals surface area contributed by atoms with Crippen LogP contribution >= 0.6 is 11.6 Å². The first-order chi connectivity index (χ1) is 7.06. The van der Waals surface area contributed by atoms with Gasteiger partial charge in [-0.3, -0.25) is 0 Å². The molecule has 0 saturated carbocycles. The van der Waals surface area contributed by atoms with Crippen LogP contribution in [0.15, 0.2) is 18.2 Å². The second-order valence-corrected chi connectivity index (χ2v) is 3.91. The summed E-state index contributed by atoms with van der Waals surface area (Å²) < 4.78 is 0. The van der Waals surface area contributed by atoms with Crippen LogP contribution < -0.4 is 0 Å². The highest BCUT2D eigenvalue weighted by atomic mass is 35.5. The molecule has 0 heterocycles. The largest absolute Gasteiger partial charge is 0.508 e. The number of halogens is 1. The summed E-state index contributed by atoms with van der Waals surface area (Å²) in [5.74, 6) is 0.364. The highest BCUT2D eigenvalue weighted by Gasteiger charge is 2.19. The molecule has 3 nitrogen and oxygen atoms in total. The second-order valence-electron chi connectivity index (χ2n) is 3.53. The van der Waals surface area contributed by atoms with Crippen molar-refractivity contribution in [3.05, 3.63) is 29.3 Å². The normalized spacial score (nSPS) is 14.9. The molecule has 0 aliphatic rings. The Labute approximate surface area is 93.9 Å². The molecular formula is C11H15ClO3. The van der Waals surface area contributed by atoms with Gasteiger partial charge in [0, 0.05) is 5.88 Å². The lowest BCUT2D eigenvalue weighted by molar-refractivity contribution is 0.0165. The monoisotopic (exact) mass is 230 g/mol. The maximum absolute atomic E-state index is 9.81. The Morgan fingerprint density at radius 2 is 2.00 bits per heavy atom. The van der Waals surface area contributed by atoms with Crippen molar-refractivity contribution in [2.24, 2.45) is 0 Å². The molecule has 3 N–H and O–H groups in total. The van der Waals surface area contributed by atoms with E-state index in [9.17, 15) is 15.3 Å². The fourth-order valence-corrected chi connectivity index (χ4v) is 1.65. The first kappa shape index (κ1) is 12.3. The number of aliphatic hydroxyl groups excluding tert-OH is 2. The Hall–Kier alpha value is -0.770. The van der Waals surface area contributed by atoms with Gasteiger partial charge in [-0.05, 0) is 36.6 Å². The van der Waals surface area contributed by atoms with Crippen molar-refractivity contribution in [1.82, 2.24) is 0 Å². The Morgan fingerprint density at radius 1 is 1.33 bits per heavy atom. The van der Waals surface area contributed by atoms with Crippen LogP contribution in [0, 0.1) is 6.92 Å². The fourth-order valence-electron chi connectivity index (χ4n) is 1.42. The molecule has 2 atom stereocenters. The highest BCUT2D eigenvalue weighted by Crippen LogP contribution is 2.25. The van der Waals surface area contributed by atoms with E-state index in [0.717, 1.165) is 5.56 Å². The van der Waals surface area contributed by atoms with Gasteiger partial charge in [-0.2, -0.15) is 0 Å². The fraction of sp³-hybridized carbons (Fsp3) is 0.455. The summed E-state index contributed by atoms with van der Waals surface area (Å²) in [5, 5.41) is 28.7. The minimum Gasteiger partial charge on any atom is -0.508 e. The van der Waals surface area contributed by atoms with Crippen LogP contribution in [0.25, 0.3) is 0 Å². The van der Waals surface area contributed by atoms with Gasteiger partial charge in [0.2, 0.25) is 0 Å². The lowest BCUT2D eigenvalue weighted by atomic mass is 9.98. The van der Waals surface area contributed by atoms with E-state index < -0.39 is 12.2 Å². The minimum absolute atomic E-state index is 0.0766. The number of rotatable bonds is 4. The quantitative estimate of drug-likeness (QED) is 0.691. The molecular weight excluding hydrogens is 216 g/mol. The summed E-state index contributed by atoms with van der Waals surface area (Å²) in [6.07, 6.45) is -1.59. The second kappa shape index (κ2) is 5.35. The molecule has 1 aromatic carbocycles. The molecule has 0 amide bonds. The average molecular weight is 231 g/mol. The summed E-state index contributed by atoms with van der Waals surface area (Å²) in [7, 11) is 0. The summed E-state index contributed by atoms with van der Waals surface area (Å²) in [6.45, 7) is 1.81. The van der Waals surface area contributed by atoms with E-state index in [2.05, 4.69) is 0 Å². The topological polar surface area (TPSA) is 60.7 Å². The predicted octanol–water partition coefficient (Wildman–Crippen LogP) is 1.72. The highest BCUT2D eigenvalue weighted by molar-refractivity contribution is 6.17. The molecule has 1 aromatic rings. The van der Waals surface area contributed by atoms with Crippen LogP contribution in [-0.4, -0.2) is 27.3 Å². The van der Waals surface area contributed by atoms with E-state index in [1.165, 1.54) is 6.07 Å². The van der Waals surface area contributed by atoms with Gasteiger partial charge in [-0.25, -0.2) is 0 Å². The van der Waals surface area contributed by atoms with Crippen molar-refractivity contribution in [3.63, 3.8) is 0 Å². The maximum Gasteiger partial charge on any atom is 0.115 e. The molecule has 0 radical (unpaired) electrons. The molecule has 2 unspecified atom stereocenters. The zero-order chi connectivity index (χ0) is 11.4. The standard InChI is InChI=1S/C11H15ClO3/c1-7-2-3-8(13)6-9(7)11(15)10(14)4-5-12/h2-3,6,10-11,13-15H,4-5H2,1H3. The molecule has 0 spiro atoms. The van der Waals surface area contributed by atoms with Gasteiger partial charge in [0.1, 0.15) is 11.9 Å². The van der Waals surface area contributed by atoms with Crippen LogP contribution in [-0.2, 0) is 0 Å². The lowest BCUT2D eigenvalue weighted by Crippen LogP contribution is -2.19. The van der Waals surface area contributed by atoms with E-state index in [1.807, 2.05) is 6.92 Å². The molecule has 84 valence electrons. The van der Waals surface area contributed by atoms with Crippen LogP contribution in [0.3, 0.4) is 0 Å². The van der Waals surface area contributed by atoms with Crippen LogP contribution in [0.1, 0.15) is 23.7 Å². The van der Waals surface area contributed by atoms with Crippen molar-refractivity contribution in [2.75, 3.05) is 5.88 Å². The molecule has 0 saturated heterocycles. The molecule has 4 heteroatoms. The smallest absolute Gasteiger partial charge is 0.115 e. The number of benzene rings is 1. The van der Waals surface area contributed by atoms with Gasteiger partial charge in [0.15, 0.2) is 0 Å². The number of aliphatic hydroxyl groups is 2. The van der Waals surface area contributed by atoms with E-state index in [1.54, 1.807) is 12.1 Å². The Bertz CT molecular complexity index is 328. The summed E-state index contributed by atoms with van der Waals surface area (Å²) in [5.41, 5.74) is 1.36. The Morgan fingerprint density at radius 3 is 2.60 bits per heavy atom. The van der Waals surface area contributed by atoms with Gasteiger partial charge in [-0.15, -0.1) is 11.6 Å². The number of aromatic hydroxyl groups is 1. The zero-order valence-corrected chi connectivity index (χ0v) is 9.28. The van der Waals surface area contributed by atoms with Crippen molar-refractivity contribution >= 4 is 11.6 Å². The van der Waals surface area contributed by atoms with Crippen LogP contribution in [0.4, 0.5) is 0 Å². The lowest BCUT2D eigenvalue weighted by Gasteiger charge is -2.19. The molecule has 1 rings (SSSR count). The Balaban J connectivity index is 2.89. The van der Waals surface area contributed by atoms with E-state index in [4.69, 9.17) is 11.6 Å². The van der Waals surface area contributed by atoms with Crippen LogP contribution in [0.5, 0.6) is 5.75 Å². The number of phenols is 1. The predicted molar refractivity (Wildman–Crippen MR) is 59.1 cm³/mol.